The van der Waals surface area contributed by atoms with Crippen molar-refractivity contribution in [2.45, 2.75) is 19.6 Å². The highest BCUT2D eigenvalue weighted by Crippen LogP contribution is 2.20. The van der Waals surface area contributed by atoms with E-state index in [1.165, 1.54) is 0 Å². The molecule has 3 aromatic carbocycles. The number of ether oxygens (including phenoxy) is 1. The van der Waals surface area contributed by atoms with E-state index in [1.54, 1.807) is 0 Å². The van der Waals surface area contributed by atoms with Crippen molar-refractivity contribution in [3.05, 3.63) is 94.8 Å². The summed E-state index contributed by atoms with van der Waals surface area (Å²) in [5.74, 6) is 1.89. The molecule has 0 atom stereocenters. The Morgan fingerprint density at radius 3 is 2.71 bits per heavy atom. The molecule has 1 aromatic heterocycles. The maximum Gasteiger partial charge on any atom is 0.124 e. The molecule has 0 radical (unpaired) electrons. The van der Waals surface area contributed by atoms with Crippen molar-refractivity contribution in [3.8, 4) is 5.75 Å². The average Bonchev–Trinajstić information content (AvgIpc) is 3.13. The van der Waals surface area contributed by atoms with Crippen molar-refractivity contribution >= 4 is 22.6 Å². The number of aromatic nitrogens is 2. The number of hydrogen-bond donors (Lipinski definition) is 2. The van der Waals surface area contributed by atoms with E-state index in [4.69, 9.17) is 16.3 Å². The number of nitrogens with one attached hydrogen (secondary N) is 2. The Bertz CT molecular complexity index is 1030. The molecule has 28 heavy (non-hydrogen) atoms. The third-order valence-corrected chi connectivity index (χ3v) is 4.78. The molecular formula is C23H22ClN3O. The van der Waals surface area contributed by atoms with Crippen molar-refractivity contribution < 1.29 is 4.74 Å². The molecule has 0 fully saturated rings. The zero-order valence-corrected chi connectivity index (χ0v) is 16.2. The number of imidazole rings is 1. The summed E-state index contributed by atoms with van der Waals surface area (Å²) in [4.78, 5) is 7.98. The maximum atomic E-state index is 6.05. The van der Waals surface area contributed by atoms with Crippen molar-refractivity contribution in [2.24, 2.45) is 0 Å². The van der Waals surface area contributed by atoms with Crippen LogP contribution in [-0.4, -0.2) is 16.5 Å². The first-order chi connectivity index (χ1) is 13.8. The predicted octanol–water partition coefficient (Wildman–Crippen LogP) is 5.13. The number of para-hydroxylation sites is 3. The molecular weight excluding hydrogens is 370 g/mol. The van der Waals surface area contributed by atoms with Gasteiger partial charge in [0.25, 0.3) is 0 Å². The fraction of sp³-hybridized carbons (Fsp3) is 0.174. The van der Waals surface area contributed by atoms with Gasteiger partial charge in [-0.3, -0.25) is 0 Å². The van der Waals surface area contributed by atoms with Gasteiger partial charge in [0.15, 0.2) is 0 Å². The second kappa shape index (κ2) is 8.91. The van der Waals surface area contributed by atoms with Gasteiger partial charge in [0.1, 0.15) is 18.2 Å². The topological polar surface area (TPSA) is 49.9 Å². The third kappa shape index (κ3) is 4.71. The molecule has 4 rings (SSSR count). The first-order valence-corrected chi connectivity index (χ1v) is 9.75. The van der Waals surface area contributed by atoms with Gasteiger partial charge in [-0.2, -0.15) is 0 Å². The first kappa shape index (κ1) is 18.5. The van der Waals surface area contributed by atoms with E-state index >= 15 is 0 Å². The lowest BCUT2D eigenvalue weighted by atomic mass is 10.2. The summed E-state index contributed by atoms with van der Waals surface area (Å²) in [5.41, 5.74) is 4.28. The minimum Gasteiger partial charge on any atom is -0.489 e. The largest absolute Gasteiger partial charge is 0.489 e. The van der Waals surface area contributed by atoms with Crippen LogP contribution in [0.4, 0.5) is 0 Å². The van der Waals surface area contributed by atoms with Gasteiger partial charge in [-0.1, -0.05) is 54.1 Å². The van der Waals surface area contributed by atoms with Crippen LogP contribution in [0, 0.1) is 0 Å². The van der Waals surface area contributed by atoms with E-state index in [-0.39, 0.29) is 0 Å². The minimum atomic E-state index is 0.497. The van der Waals surface area contributed by atoms with Gasteiger partial charge < -0.3 is 15.0 Å². The summed E-state index contributed by atoms with van der Waals surface area (Å²) in [7, 11) is 0. The number of rotatable bonds is 8. The number of aromatic amines is 1. The highest BCUT2D eigenvalue weighted by atomic mass is 35.5. The number of hydrogen-bond acceptors (Lipinski definition) is 3. The minimum absolute atomic E-state index is 0.497. The second-order valence-corrected chi connectivity index (χ2v) is 7.09. The molecule has 0 unspecified atom stereocenters. The number of benzene rings is 3. The molecule has 0 aliphatic heterocycles. The number of nitrogens with zero attached hydrogens (tertiary/aromatic N) is 1. The molecule has 2 N–H and O–H groups in total. The van der Waals surface area contributed by atoms with Gasteiger partial charge in [-0.25, -0.2) is 4.98 Å². The molecule has 142 valence electrons. The number of fused-ring (bicyclic) bond motifs is 1. The average molecular weight is 392 g/mol. The number of H-pyrrole nitrogens is 1. The van der Waals surface area contributed by atoms with Crippen LogP contribution in [0.25, 0.3) is 11.0 Å². The van der Waals surface area contributed by atoms with E-state index in [0.29, 0.717) is 6.61 Å². The highest BCUT2D eigenvalue weighted by Gasteiger charge is 2.05. The maximum absolute atomic E-state index is 6.05. The molecule has 1 heterocycles. The van der Waals surface area contributed by atoms with Crippen LogP contribution >= 0.6 is 11.6 Å². The third-order valence-electron chi connectivity index (χ3n) is 4.55. The van der Waals surface area contributed by atoms with Crippen LogP contribution in [0.1, 0.15) is 17.0 Å². The summed E-state index contributed by atoms with van der Waals surface area (Å²) < 4.78 is 6.02. The summed E-state index contributed by atoms with van der Waals surface area (Å²) >= 11 is 6.05. The fourth-order valence-corrected chi connectivity index (χ4v) is 3.35. The Kier molecular flexibility index (Phi) is 5.90. The Morgan fingerprint density at radius 1 is 0.964 bits per heavy atom. The molecule has 0 saturated heterocycles. The summed E-state index contributed by atoms with van der Waals surface area (Å²) in [6, 6.07) is 23.9. The van der Waals surface area contributed by atoms with Gasteiger partial charge in [0, 0.05) is 30.1 Å². The van der Waals surface area contributed by atoms with Crippen LogP contribution < -0.4 is 10.1 Å². The summed E-state index contributed by atoms with van der Waals surface area (Å²) in [5, 5.41) is 4.20. The standard InChI is InChI=1S/C23H22ClN3O/c24-19-8-5-6-17(14-19)16-28-22-11-4-1-7-18(22)15-25-13-12-23-26-20-9-2-3-10-21(20)27-23/h1-11,14,25H,12-13,15-16H2,(H,26,27). The first-order valence-electron chi connectivity index (χ1n) is 9.37. The van der Waals surface area contributed by atoms with E-state index in [9.17, 15) is 0 Å². The normalized spacial score (nSPS) is 11.0. The van der Waals surface area contributed by atoms with Gasteiger partial charge in [-0.05, 0) is 35.9 Å². The monoisotopic (exact) mass is 391 g/mol. The fourth-order valence-electron chi connectivity index (χ4n) is 3.13. The van der Waals surface area contributed by atoms with Crippen LogP contribution in [0.2, 0.25) is 5.02 Å². The van der Waals surface area contributed by atoms with Gasteiger partial charge >= 0.3 is 0 Å². The second-order valence-electron chi connectivity index (χ2n) is 6.65. The molecule has 0 bridgehead atoms. The molecule has 0 aliphatic carbocycles. The van der Waals surface area contributed by atoms with Crippen LogP contribution in [0.3, 0.4) is 0 Å². The zero-order valence-electron chi connectivity index (χ0n) is 15.5. The predicted molar refractivity (Wildman–Crippen MR) is 114 cm³/mol. The van der Waals surface area contributed by atoms with Crippen molar-refractivity contribution in [1.82, 2.24) is 15.3 Å². The van der Waals surface area contributed by atoms with Gasteiger partial charge in [-0.15, -0.1) is 0 Å². The van der Waals surface area contributed by atoms with Crippen molar-refractivity contribution in [1.29, 1.82) is 0 Å². The van der Waals surface area contributed by atoms with E-state index in [2.05, 4.69) is 21.4 Å². The van der Waals surface area contributed by atoms with E-state index in [1.807, 2.05) is 66.7 Å². The summed E-state index contributed by atoms with van der Waals surface area (Å²) in [6.45, 7) is 2.07. The lowest BCUT2D eigenvalue weighted by Crippen LogP contribution is -2.17. The van der Waals surface area contributed by atoms with Crippen LogP contribution in [-0.2, 0) is 19.6 Å². The van der Waals surface area contributed by atoms with Gasteiger partial charge in [0.2, 0.25) is 0 Å². The van der Waals surface area contributed by atoms with Crippen LogP contribution in [0.5, 0.6) is 5.75 Å². The molecule has 0 spiro atoms. The lowest BCUT2D eigenvalue weighted by Gasteiger charge is -2.12. The van der Waals surface area contributed by atoms with Gasteiger partial charge in [0.05, 0.1) is 11.0 Å². The molecule has 5 heteroatoms. The SMILES string of the molecule is Clc1cccc(COc2ccccc2CNCCc2nc3ccccc3[nH]2)c1. The van der Waals surface area contributed by atoms with Crippen molar-refractivity contribution in [3.63, 3.8) is 0 Å². The molecule has 0 saturated carbocycles. The lowest BCUT2D eigenvalue weighted by molar-refractivity contribution is 0.302. The molecule has 4 nitrogen and oxygen atoms in total. The van der Waals surface area contributed by atoms with Crippen molar-refractivity contribution in [2.75, 3.05) is 6.54 Å². The Labute approximate surface area is 169 Å². The summed E-state index contributed by atoms with van der Waals surface area (Å²) in [6.07, 6.45) is 0.847. The number of halogens is 1. The molecule has 0 amide bonds. The van der Waals surface area contributed by atoms with Crippen LogP contribution in [0.15, 0.2) is 72.8 Å². The quantitative estimate of drug-likeness (QED) is 0.409. The molecule has 0 aliphatic rings. The van der Waals surface area contributed by atoms with E-state index in [0.717, 1.165) is 58.3 Å². The Balaban J connectivity index is 1.31. The zero-order chi connectivity index (χ0) is 19.2. The Hall–Kier alpha value is -2.82. The molecule has 4 aromatic rings. The smallest absolute Gasteiger partial charge is 0.124 e. The highest BCUT2D eigenvalue weighted by molar-refractivity contribution is 6.30. The van der Waals surface area contributed by atoms with E-state index < -0.39 is 0 Å². The Morgan fingerprint density at radius 2 is 1.82 bits per heavy atom.